The summed E-state index contributed by atoms with van der Waals surface area (Å²) in [4.78, 5) is 25.6. The molecule has 1 aliphatic rings. The van der Waals surface area contributed by atoms with Crippen molar-refractivity contribution in [3.05, 3.63) is 65.5 Å². The standard InChI is InChI=1S/C19H19FN2O3/c1-2-13-7-9-14(10-8-13)22-12-15(25-19(22)24)11-21-18(23)16-5-3-4-6-17(16)20/h3-10,15H,2,11-12H2,1H3,(H,21,23). The molecule has 1 aliphatic heterocycles. The molecule has 2 amide bonds. The van der Waals surface area contributed by atoms with Crippen LogP contribution in [0.5, 0.6) is 0 Å². The number of amides is 2. The summed E-state index contributed by atoms with van der Waals surface area (Å²) in [7, 11) is 0. The van der Waals surface area contributed by atoms with Crippen LogP contribution in [-0.4, -0.2) is 31.2 Å². The molecule has 0 aliphatic carbocycles. The number of nitrogens with zero attached hydrogens (tertiary/aromatic N) is 1. The number of rotatable bonds is 5. The summed E-state index contributed by atoms with van der Waals surface area (Å²) in [6.07, 6.45) is -0.00133. The molecular weight excluding hydrogens is 323 g/mol. The van der Waals surface area contributed by atoms with Gasteiger partial charge in [-0.1, -0.05) is 31.2 Å². The highest BCUT2D eigenvalue weighted by Gasteiger charge is 2.32. The lowest BCUT2D eigenvalue weighted by Gasteiger charge is -2.13. The van der Waals surface area contributed by atoms with Crippen LogP contribution in [-0.2, 0) is 11.2 Å². The van der Waals surface area contributed by atoms with Gasteiger partial charge in [0.2, 0.25) is 0 Å². The second-order valence-corrected chi connectivity index (χ2v) is 5.83. The van der Waals surface area contributed by atoms with Gasteiger partial charge in [0, 0.05) is 5.69 Å². The van der Waals surface area contributed by atoms with E-state index in [1.54, 1.807) is 6.07 Å². The fourth-order valence-electron chi connectivity index (χ4n) is 2.70. The highest BCUT2D eigenvalue weighted by Crippen LogP contribution is 2.22. The lowest BCUT2D eigenvalue weighted by molar-refractivity contribution is 0.0912. The Morgan fingerprint density at radius 3 is 2.64 bits per heavy atom. The van der Waals surface area contributed by atoms with Gasteiger partial charge in [0.1, 0.15) is 11.9 Å². The molecule has 130 valence electrons. The SMILES string of the molecule is CCc1ccc(N2CC(CNC(=O)c3ccccc3F)OC2=O)cc1. The number of anilines is 1. The molecule has 1 fully saturated rings. The topological polar surface area (TPSA) is 58.6 Å². The second kappa shape index (κ2) is 7.34. The smallest absolute Gasteiger partial charge is 0.414 e. The van der Waals surface area contributed by atoms with Crippen molar-refractivity contribution in [3.8, 4) is 0 Å². The summed E-state index contributed by atoms with van der Waals surface area (Å²) in [5.74, 6) is -1.11. The minimum atomic E-state index is -0.582. The van der Waals surface area contributed by atoms with Crippen molar-refractivity contribution in [2.75, 3.05) is 18.0 Å². The summed E-state index contributed by atoms with van der Waals surface area (Å²) in [5, 5.41) is 2.61. The van der Waals surface area contributed by atoms with E-state index in [0.29, 0.717) is 6.54 Å². The average molecular weight is 342 g/mol. The maximum atomic E-state index is 13.6. The van der Waals surface area contributed by atoms with Crippen LogP contribution in [0.25, 0.3) is 0 Å². The normalized spacial score (nSPS) is 16.6. The summed E-state index contributed by atoms with van der Waals surface area (Å²) >= 11 is 0. The van der Waals surface area contributed by atoms with Crippen LogP contribution in [0.15, 0.2) is 48.5 Å². The Labute approximate surface area is 145 Å². The first-order valence-corrected chi connectivity index (χ1v) is 8.18. The quantitative estimate of drug-likeness (QED) is 0.908. The van der Waals surface area contributed by atoms with Gasteiger partial charge in [-0.2, -0.15) is 0 Å². The first kappa shape index (κ1) is 17.0. The molecule has 2 aromatic carbocycles. The molecule has 5 nitrogen and oxygen atoms in total. The number of benzene rings is 2. The van der Waals surface area contributed by atoms with E-state index in [-0.39, 0.29) is 12.1 Å². The van der Waals surface area contributed by atoms with Gasteiger partial charge in [-0.3, -0.25) is 9.69 Å². The van der Waals surface area contributed by atoms with E-state index in [4.69, 9.17) is 4.74 Å². The van der Waals surface area contributed by atoms with Crippen LogP contribution in [0.3, 0.4) is 0 Å². The van der Waals surface area contributed by atoms with E-state index >= 15 is 0 Å². The summed E-state index contributed by atoms with van der Waals surface area (Å²) in [5.41, 5.74) is 1.91. The fourth-order valence-corrected chi connectivity index (χ4v) is 2.70. The van der Waals surface area contributed by atoms with Crippen molar-refractivity contribution < 1.29 is 18.7 Å². The van der Waals surface area contributed by atoms with Gasteiger partial charge < -0.3 is 10.1 Å². The van der Waals surface area contributed by atoms with Crippen molar-refractivity contribution in [2.45, 2.75) is 19.4 Å². The number of cyclic esters (lactones) is 1. The summed E-state index contributed by atoms with van der Waals surface area (Å²) < 4.78 is 18.9. The Morgan fingerprint density at radius 1 is 1.24 bits per heavy atom. The average Bonchev–Trinajstić information content (AvgIpc) is 3.01. The van der Waals surface area contributed by atoms with Crippen molar-refractivity contribution in [1.29, 1.82) is 0 Å². The van der Waals surface area contributed by atoms with Gasteiger partial charge in [-0.25, -0.2) is 9.18 Å². The second-order valence-electron chi connectivity index (χ2n) is 5.83. The molecule has 2 aromatic rings. The minimum Gasteiger partial charge on any atom is -0.442 e. The molecule has 0 saturated carbocycles. The third-order valence-electron chi connectivity index (χ3n) is 4.14. The van der Waals surface area contributed by atoms with Crippen molar-refractivity contribution in [3.63, 3.8) is 0 Å². The van der Waals surface area contributed by atoms with E-state index in [2.05, 4.69) is 12.2 Å². The van der Waals surface area contributed by atoms with Gasteiger partial charge in [0.15, 0.2) is 0 Å². The number of halogens is 1. The number of nitrogens with one attached hydrogen (secondary N) is 1. The van der Waals surface area contributed by atoms with Crippen LogP contribution in [0.4, 0.5) is 14.9 Å². The molecule has 1 atom stereocenters. The lowest BCUT2D eigenvalue weighted by Crippen LogP contribution is -2.35. The van der Waals surface area contributed by atoms with Crippen molar-refractivity contribution >= 4 is 17.7 Å². The van der Waals surface area contributed by atoms with Crippen molar-refractivity contribution in [1.82, 2.24) is 5.32 Å². The van der Waals surface area contributed by atoms with E-state index in [1.165, 1.54) is 28.7 Å². The molecule has 0 radical (unpaired) electrons. The Bertz CT molecular complexity index is 776. The zero-order valence-electron chi connectivity index (χ0n) is 13.9. The first-order chi connectivity index (χ1) is 12.1. The fraction of sp³-hybridized carbons (Fsp3) is 0.263. The Balaban J connectivity index is 1.59. The first-order valence-electron chi connectivity index (χ1n) is 8.18. The number of ether oxygens (including phenoxy) is 1. The van der Waals surface area contributed by atoms with Crippen LogP contribution >= 0.6 is 0 Å². The molecule has 0 aromatic heterocycles. The third kappa shape index (κ3) is 3.79. The highest BCUT2D eigenvalue weighted by atomic mass is 19.1. The number of hydrogen-bond donors (Lipinski definition) is 1. The molecule has 6 heteroatoms. The summed E-state index contributed by atoms with van der Waals surface area (Å²) in [6, 6.07) is 13.4. The summed E-state index contributed by atoms with van der Waals surface area (Å²) in [6.45, 7) is 2.53. The van der Waals surface area contributed by atoms with E-state index in [0.717, 1.165) is 12.1 Å². The molecule has 0 spiro atoms. The monoisotopic (exact) mass is 342 g/mol. The van der Waals surface area contributed by atoms with Gasteiger partial charge in [0.25, 0.3) is 5.91 Å². The molecule has 1 saturated heterocycles. The molecular formula is C19H19FN2O3. The Kier molecular flexibility index (Phi) is 4.97. The lowest BCUT2D eigenvalue weighted by atomic mass is 10.1. The predicted octanol–water partition coefficient (Wildman–Crippen LogP) is 3.14. The van der Waals surface area contributed by atoms with Gasteiger partial charge in [-0.05, 0) is 36.2 Å². The number of hydrogen-bond acceptors (Lipinski definition) is 3. The van der Waals surface area contributed by atoms with Crippen molar-refractivity contribution in [2.24, 2.45) is 0 Å². The molecule has 25 heavy (non-hydrogen) atoms. The molecule has 0 bridgehead atoms. The largest absolute Gasteiger partial charge is 0.442 e. The Hall–Kier alpha value is -2.89. The van der Waals surface area contributed by atoms with Crippen LogP contribution in [0, 0.1) is 5.82 Å². The molecule has 1 unspecified atom stereocenters. The van der Waals surface area contributed by atoms with Gasteiger partial charge in [0.05, 0.1) is 18.7 Å². The zero-order chi connectivity index (χ0) is 17.8. The van der Waals surface area contributed by atoms with Gasteiger partial charge >= 0.3 is 6.09 Å². The van der Waals surface area contributed by atoms with Gasteiger partial charge in [-0.15, -0.1) is 0 Å². The number of aryl methyl sites for hydroxylation is 1. The molecule has 1 N–H and O–H groups in total. The van der Waals surface area contributed by atoms with Crippen LogP contribution in [0.2, 0.25) is 0 Å². The maximum absolute atomic E-state index is 13.6. The maximum Gasteiger partial charge on any atom is 0.414 e. The van der Waals surface area contributed by atoms with E-state index in [9.17, 15) is 14.0 Å². The van der Waals surface area contributed by atoms with Crippen LogP contribution < -0.4 is 10.2 Å². The van der Waals surface area contributed by atoms with E-state index in [1.807, 2.05) is 24.3 Å². The number of carbonyl (C=O) groups is 2. The Morgan fingerprint density at radius 2 is 1.96 bits per heavy atom. The number of carbonyl (C=O) groups excluding carboxylic acids is 2. The van der Waals surface area contributed by atoms with Crippen LogP contribution in [0.1, 0.15) is 22.8 Å². The highest BCUT2D eigenvalue weighted by molar-refractivity contribution is 5.94. The molecule has 3 rings (SSSR count). The predicted molar refractivity (Wildman–Crippen MR) is 92.2 cm³/mol. The third-order valence-corrected chi connectivity index (χ3v) is 4.14. The minimum absolute atomic E-state index is 0.0289. The zero-order valence-corrected chi connectivity index (χ0v) is 13.9. The molecule has 1 heterocycles. The van der Waals surface area contributed by atoms with E-state index < -0.39 is 23.9 Å².